The van der Waals surface area contributed by atoms with Gasteiger partial charge in [-0.15, -0.1) is 0 Å². The van der Waals surface area contributed by atoms with Crippen molar-refractivity contribution in [3.63, 3.8) is 0 Å². The Morgan fingerprint density at radius 2 is 1.84 bits per heavy atom. The molecule has 0 saturated carbocycles. The SMILES string of the molecule is COc1ccc(CCN2C(=O)NC(=O)C3(Cc4cc([N+](=O)[O-])ccc4N4CCN(C)CC43)C2=O)cc1OC. The molecule has 5 rings (SSSR count). The van der Waals surface area contributed by atoms with Crippen molar-refractivity contribution in [1.29, 1.82) is 0 Å². The number of barbiturate groups is 1. The van der Waals surface area contributed by atoms with Crippen molar-refractivity contribution in [3.8, 4) is 11.5 Å². The lowest BCUT2D eigenvalue weighted by atomic mass is 9.67. The van der Waals surface area contributed by atoms with Crippen LogP contribution in [0.1, 0.15) is 11.1 Å². The highest BCUT2D eigenvalue weighted by Gasteiger charge is 2.62. The lowest BCUT2D eigenvalue weighted by Gasteiger charge is -2.55. The van der Waals surface area contributed by atoms with Crippen molar-refractivity contribution in [2.75, 3.05) is 52.3 Å². The van der Waals surface area contributed by atoms with Gasteiger partial charge in [0.15, 0.2) is 16.9 Å². The molecule has 0 aliphatic carbocycles. The maximum Gasteiger partial charge on any atom is 0.330 e. The van der Waals surface area contributed by atoms with E-state index in [-0.39, 0.29) is 18.7 Å². The van der Waals surface area contributed by atoms with Gasteiger partial charge in [-0.25, -0.2) is 4.79 Å². The third-order valence-electron chi connectivity index (χ3n) is 7.77. The van der Waals surface area contributed by atoms with Gasteiger partial charge < -0.3 is 19.3 Å². The monoisotopic (exact) mass is 523 g/mol. The second kappa shape index (κ2) is 9.60. The average Bonchev–Trinajstić information content (AvgIpc) is 2.91. The number of carbonyl (C=O) groups excluding carboxylic acids is 3. The van der Waals surface area contributed by atoms with Crippen molar-refractivity contribution in [2.24, 2.45) is 5.41 Å². The second-order valence-corrected chi connectivity index (χ2v) is 9.85. The molecule has 3 aliphatic rings. The highest BCUT2D eigenvalue weighted by molar-refractivity contribution is 6.20. The summed E-state index contributed by atoms with van der Waals surface area (Å²) in [6, 6.07) is 8.58. The molecule has 1 spiro atoms. The Kier molecular flexibility index (Phi) is 6.43. The fourth-order valence-corrected chi connectivity index (χ4v) is 5.79. The molecule has 3 aliphatic heterocycles. The van der Waals surface area contributed by atoms with Crippen molar-refractivity contribution in [3.05, 3.63) is 57.6 Å². The summed E-state index contributed by atoms with van der Waals surface area (Å²) in [6.07, 6.45) is 0.296. The van der Waals surface area contributed by atoms with Crippen molar-refractivity contribution in [1.82, 2.24) is 15.1 Å². The summed E-state index contributed by atoms with van der Waals surface area (Å²) in [7, 11) is 4.98. The summed E-state index contributed by atoms with van der Waals surface area (Å²) in [6.45, 7) is 1.70. The number of hydrogen-bond donors (Lipinski definition) is 1. The quantitative estimate of drug-likeness (QED) is 0.340. The zero-order valence-corrected chi connectivity index (χ0v) is 21.4. The minimum atomic E-state index is -1.61. The van der Waals surface area contributed by atoms with Crippen molar-refractivity contribution >= 4 is 29.2 Å². The normalized spacial score (nSPS) is 23.1. The van der Waals surface area contributed by atoms with Gasteiger partial charge in [0.2, 0.25) is 11.8 Å². The first-order valence-corrected chi connectivity index (χ1v) is 12.3. The van der Waals surface area contributed by atoms with E-state index in [1.807, 2.05) is 22.9 Å². The molecule has 4 amide bonds. The zero-order valence-electron chi connectivity index (χ0n) is 21.4. The van der Waals surface area contributed by atoms with Crippen LogP contribution in [-0.2, 0) is 22.4 Å². The number of non-ortho nitro benzene ring substituents is 1. The van der Waals surface area contributed by atoms with E-state index in [9.17, 15) is 24.5 Å². The molecule has 38 heavy (non-hydrogen) atoms. The second-order valence-electron chi connectivity index (χ2n) is 9.85. The zero-order chi connectivity index (χ0) is 27.2. The van der Waals surface area contributed by atoms with E-state index in [2.05, 4.69) is 5.32 Å². The molecule has 1 N–H and O–H groups in total. The van der Waals surface area contributed by atoms with Gasteiger partial charge in [-0.3, -0.25) is 29.9 Å². The maximum absolute atomic E-state index is 14.2. The number of rotatable bonds is 6. The largest absolute Gasteiger partial charge is 0.493 e. The highest BCUT2D eigenvalue weighted by Crippen LogP contribution is 2.46. The Morgan fingerprint density at radius 3 is 2.55 bits per heavy atom. The Bertz CT molecular complexity index is 1330. The number of methoxy groups -OCH3 is 2. The molecule has 2 aromatic carbocycles. The number of benzene rings is 2. The molecule has 2 saturated heterocycles. The third kappa shape index (κ3) is 4.01. The molecule has 12 nitrogen and oxygen atoms in total. The number of nitrogens with zero attached hydrogens (tertiary/aromatic N) is 4. The van der Waals surface area contributed by atoms with E-state index in [0.29, 0.717) is 43.1 Å². The molecular formula is C26H29N5O7. The number of nitro benzene ring substituents is 1. The Labute approximate surface area is 219 Å². The number of hydrogen-bond acceptors (Lipinski definition) is 9. The average molecular weight is 524 g/mol. The Balaban J connectivity index is 1.51. The molecule has 2 fully saturated rings. The van der Waals surface area contributed by atoms with Crippen molar-refractivity contribution in [2.45, 2.75) is 18.9 Å². The van der Waals surface area contributed by atoms with Gasteiger partial charge in [-0.05, 0) is 42.8 Å². The molecule has 2 aromatic rings. The topological polar surface area (TPSA) is 135 Å². The summed E-state index contributed by atoms with van der Waals surface area (Å²) < 4.78 is 10.6. The Hall–Kier alpha value is -4.19. The van der Waals surface area contributed by atoms with E-state index in [4.69, 9.17) is 9.47 Å². The van der Waals surface area contributed by atoms with Crippen LogP contribution in [0.4, 0.5) is 16.2 Å². The minimum absolute atomic E-state index is 0.0379. The summed E-state index contributed by atoms with van der Waals surface area (Å²) in [5.41, 5.74) is 0.406. The van der Waals surface area contributed by atoms with Crippen LogP contribution in [0.25, 0.3) is 0 Å². The Morgan fingerprint density at radius 1 is 1.08 bits per heavy atom. The van der Waals surface area contributed by atoms with E-state index in [0.717, 1.165) is 16.2 Å². The first kappa shape index (κ1) is 25.5. The molecule has 0 radical (unpaired) electrons. The lowest BCUT2D eigenvalue weighted by Crippen LogP contribution is -2.75. The van der Waals surface area contributed by atoms with Gasteiger partial charge >= 0.3 is 6.03 Å². The van der Waals surface area contributed by atoms with Crippen molar-refractivity contribution < 1.29 is 28.8 Å². The molecule has 2 unspecified atom stereocenters. The number of carbonyl (C=O) groups is 3. The molecule has 0 bridgehead atoms. The summed E-state index contributed by atoms with van der Waals surface area (Å²) in [5, 5.41) is 13.9. The van der Waals surface area contributed by atoms with Crippen LogP contribution in [-0.4, -0.2) is 86.1 Å². The molecule has 12 heteroatoms. The van der Waals surface area contributed by atoms with E-state index in [1.165, 1.54) is 26.4 Å². The van der Waals surface area contributed by atoms with Crippen LogP contribution in [0.5, 0.6) is 11.5 Å². The van der Waals surface area contributed by atoms with Gasteiger partial charge in [0, 0.05) is 50.4 Å². The van der Waals surface area contributed by atoms with Crippen LogP contribution < -0.4 is 19.7 Å². The first-order valence-electron chi connectivity index (χ1n) is 12.3. The number of anilines is 1. The molecule has 3 heterocycles. The maximum atomic E-state index is 14.2. The standard InChI is InChI=1S/C26H29N5O7/c1-28-10-11-29-19-6-5-18(31(35)36)13-17(19)14-26(22(29)15-28)23(32)27-25(34)30(24(26)33)9-8-16-4-7-20(37-2)21(12-16)38-3/h4-7,12-13,22H,8-11,14-15H2,1-3H3,(H,27,32,34). The summed E-state index contributed by atoms with van der Waals surface area (Å²) >= 11 is 0. The molecular weight excluding hydrogens is 494 g/mol. The number of urea groups is 1. The van der Waals surface area contributed by atoms with Crippen LogP contribution in [0.2, 0.25) is 0 Å². The fourth-order valence-electron chi connectivity index (χ4n) is 5.79. The van der Waals surface area contributed by atoms with Gasteiger partial charge in [0.05, 0.1) is 25.2 Å². The predicted molar refractivity (Wildman–Crippen MR) is 136 cm³/mol. The van der Waals surface area contributed by atoms with Crippen LogP contribution in [0.15, 0.2) is 36.4 Å². The first-order chi connectivity index (χ1) is 18.2. The number of nitrogens with one attached hydrogen (secondary N) is 1. The number of amides is 4. The number of fused-ring (bicyclic) bond motifs is 4. The predicted octanol–water partition coefficient (Wildman–Crippen LogP) is 1.60. The number of piperazine rings is 1. The summed E-state index contributed by atoms with van der Waals surface area (Å²) in [4.78, 5) is 56.8. The van der Waals surface area contributed by atoms with E-state index >= 15 is 0 Å². The number of imide groups is 2. The van der Waals surface area contributed by atoms with Gasteiger partial charge in [-0.1, -0.05) is 6.07 Å². The fraction of sp³-hybridized carbons (Fsp3) is 0.423. The number of likely N-dealkylation sites (N-methyl/N-ethyl adjacent to an activating group) is 1. The van der Waals surface area contributed by atoms with Gasteiger partial charge in [0.25, 0.3) is 5.69 Å². The van der Waals surface area contributed by atoms with Gasteiger partial charge in [0.1, 0.15) is 0 Å². The van der Waals surface area contributed by atoms with Crippen LogP contribution in [0, 0.1) is 15.5 Å². The lowest BCUT2D eigenvalue weighted by molar-refractivity contribution is -0.384. The molecule has 0 aromatic heterocycles. The molecule has 2 atom stereocenters. The number of ether oxygens (including phenoxy) is 2. The van der Waals surface area contributed by atoms with Gasteiger partial charge in [-0.2, -0.15) is 0 Å². The van der Waals surface area contributed by atoms with Crippen LogP contribution >= 0.6 is 0 Å². The van der Waals surface area contributed by atoms with E-state index < -0.39 is 34.2 Å². The minimum Gasteiger partial charge on any atom is -0.493 e. The molecule has 200 valence electrons. The third-order valence-corrected chi connectivity index (χ3v) is 7.77. The van der Waals surface area contributed by atoms with Crippen LogP contribution in [0.3, 0.4) is 0 Å². The number of nitro groups is 1. The highest BCUT2D eigenvalue weighted by atomic mass is 16.6. The smallest absolute Gasteiger partial charge is 0.330 e. The summed E-state index contributed by atoms with van der Waals surface area (Å²) in [5.74, 6) is -0.173. The van der Waals surface area contributed by atoms with E-state index in [1.54, 1.807) is 18.2 Å².